The van der Waals surface area contributed by atoms with Crippen LogP contribution in [0.5, 0.6) is 0 Å². The number of ether oxygens (including phenoxy) is 1. The van der Waals surface area contributed by atoms with Gasteiger partial charge in [-0.25, -0.2) is 0 Å². The van der Waals surface area contributed by atoms with Crippen molar-refractivity contribution in [3.05, 3.63) is 48.0 Å². The fourth-order valence-corrected chi connectivity index (χ4v) is 3.98. The van der Waals surface area contributed by atoms with Crippen molar-refractivity contribution in [3.8, 4) is 11.8 Å². The van der Waals surface area contributed by atoms with Gasteiger partial charge in [0, 0.05) is 32.2 Å². The molecule has 5 heteroatoms. The van der Waals surface area contributed by atoms with E-state index in [-0.39, 0.29) is 23.8 Å². The van der Waals surface area contributed by atoms with Gasteiger partial charge in [-0.2, -0.15) is 0 Å². The van der Waals surface area contributed by atoms with Gasteiger partial charge in [-0.05, 0) is 37.2 Å². The predicted octanol–water partition coefficient (Wildman–Crippen LogP) is 4.68. The monoisotopic (exact) mass is 453 g/mol. The number of aryl methyl sites for hydroxylation is 1. The highest BCUT2D eigenvalue weighted by atomic mass is 16.5. The van der Waals surface area contributed by atoms with Crippen LogP contribution in [0.4, 0.5) is 0 Å². The molecule has 1 amide bonds. The normalized spacial score (nSPS) is 17.6. The molecule has 1 aliphatic heterocycles. The lowest BCUT2D eigenvalue weighted by atomic mass is 9.99. The van der Waals surface area contributed by atoms with Crippen LogP contribution in [0.1, 0.15) is 70.3 Å². The Bertz CT molecular complexity index is 808. The topological polar surface area (TPSA) is 66.8 Å². The number of rotatable bonds is 13. The van der Waals surface area contributed by atoms with Gasteiger partial charge in [0.1, 0.15) is 0 Å². The average Bonchev–Trinajstić information content (AvgIpc) is 3.18. The Morgan fingerprint density at radius 2 is 1.97 bits per heavy atom. The van der Waals surface area contributed by atoms with Gasteiger partial charge in [0.15, 0.2) is 0 Å². The summed E-state index contributed by atoms with van der Waals surface area (Å²) in [6.45, 7) is 2.73. The Morgan fingerprint density at radius 3 is 2.73 bits per heavy atom. The Balaban J connectivity index is 1.68. The first-order valence-corrected chi connectivity index (χ1v) is 12.2. The first-order valence-electron chi connectivity index (χ1n) is 12.2. The average molecular weight is 454 g/mol. The molecular weight excluding hydrogens is 414 g/mol. The van der Waals surface area contributed by atoms with Gasteiger partial charge in [-0.1, -0.05) is 62.2 Å². The second-order valence-electron chi connectivity index (χ2n) is 8.83. The smallest absolute Gasteiger partial charge is 0.305 e. The van der Waals surface area contributed by atoms with Gasteiger partial charge >= 0.3 is 5.97 Å². The number of likely N-dealkylation sites (tertiary alicyclic amines) is 1. The molecule has 1 aromatic carbocycles. The van der Waals surface area contributed by atoms with E-state index in [4.69, 9.17) is 0 Å². The molecule has 1 fully saturated rings. The number of hydrogen-bond donors (Lipinski definition) is 1. The van der Waals surface area contributed by atoms with Crippen LogP contribution < -0.4 is 0 Å². The molecule has 1 aromatic rings. The van der Waals surface area contributed by atoms with Gasteiger partial charge < -0.3 is 14.7 Å². The number of carbonyl (C=O) groups is 2. The highest BCUT2D eigenvalue weighted by Crippen LogP contribution is 2.22. The van der Waals surface area contributed by atoms with Crippen LogP contribution in [-0.2, 0) is 20.7 Å². The van der Waals surface area contributed by atoms with Crippen molar-refractivity contribution in [2.45, 2.75) is 83.3 Å². The second-order valence-corrected chi connectivity index (χ2v) is 8.83. The quantitative estimate of drug-likeness (QED) is 0.204. The molecule has 33 heavy (non-hydrogen) atoms. The van der Waals surface area contributed by atoms with E-state index in [1.54, 1.807) is 0 Å². The highest BCUT2D eigenvalue weighted by Gasteiger charge is 2.28. The number of aliphatic hydroxyl groups excluding tert-OH is 1. The first-order chi connectivity index (χ1) is 16.0. The Hall–Kier alpha value is -2.58. The first kappa shape index (κ1) is 26.7. The van der Waals surface area contributed by atoms with Gasteiger partial charge in [-0.15, -0.1) is 11.8 Å². The van der Waals surface area contributed by atoms with Crippen LogP contribution in [0.25, 0.3) is 0 Å². The maximum absolute atomic E-state index is 12.3. The molecule has 0 aromatic heterocycles. The van der Waals surface area contributed by atoms with Crippen LogP contribution >= 0.6 is 0 Å². The molecule has 1 saturated heterocycles. The summed E-state index contributed by atoms with van der Waals surface area (Å²) in [5.74, 6) is 6.48. The van der Waals surface area contributed by atoms with Crippen molar-refractivity contribution >= 4 is 11.9 Å². The van der Waals surface area contributed by atoms with E-state index in [0.29, 0.717) is 19.3 Å². The minimum Gasteiger partial charge on any atom is -0.469 e. The fraction of sp³-hybridized carbons (Fsp3) is 0.571. The lowest BCUT2D eigenvalue weighted by Gasteiger charge is -2.23. The summed E-state index contributed by atoms with van der Waals surface area (Å²) in [7, 11) is 1.41. The lowest BCUT2D eigenvalue weighted by molar-refractivity contribution is -0.140. The van der Waals surface area contributed by atoms with Gasteiger partial charge in [0.2, 0.25) is 5.91 Å². The third kappa shape index (κ3) is 10.3. The number of unbranched alkanes of at least 4 members (excludes halogenated alkanes) is 3. The molecule has 2 rings (SSSR count). The van der Waals surface area contributed by atoms with Crippen molar-refractivity contribution in [2.75, 3.05) is 13.7 Å². The summed E-state index contributed by atoms with van der Waals surface area (Å²) in [6, 6.07) is 10.4. The number of benzene rings is 1. The molecule has 180 valence electrons. The molecule has 5 nitrogen and oxygen atoms in total. The molecule has 1 heterocycles. The van der Waals surface area contributed by atoms with E-state index in [2.05, 4.69) is 28.7 Å². The van der Waals surface area contributed by atoms with Crippen LogP contribution in [0.2, 0.25) is 0 Å². The lowest BCUT2D eigenvalue weighted by Crippen LogP contribution is -2.33. The number of hydrogen-bond acceptors (Lipinski definition) is 4. The number of esters is 1. The van der Waals surface area contributed by atoms with E-state index in [0.717, 1.165) is 51.5 Å². The summed E-state index contributed by atoms with van der Waals surface area (Å²) in [6.07, 6.45) is 11.2. The zero-order chi connectivity index (χ0) is 23.9. The molecule has 0 unspecified atom stereocenters. The third-order valence-corrected chi connectivity index (χ3v) is 6.18. The van der Waals surface area contributed by atoms with Crippen molar-refractivity contribution < 1.29 is 19.4 Å². The fourth-order valence-electron chi connectivity index (χ4n) is 3.98. The zero-order valence-electron chi connectivity index (χ0n) is 20.2. The SMILES string of the molecule is COC(=O)CCCCCCN1C(=O)CC[C@@H]1C=C[C@H](O)[C@H](C)CC#CCCc1ccccc1. The molecule has 0 bridgehead atoms. The van der Waals surface area contributed by atoms with Crippen LogP contribution in [0, 0.1) is 17.8 Å². The van der Waals surface area contributed by atoms with E-state index in [9.17, 15) is 14.7 Å². The molecular formula is C28H39NO4. The van der Waals surface area contributed by atoms with Gasteiger partial charge in [0.25, 0.3) is 0 Å². The van der Waals surface area contributed by atoms with Crippen molar-refractivity contribution in [1.29, 1.82) is 0 Å². The Kier molecular flexibility index (Phi) is 12.4. The Labute approximate surface area is 199 Å². The van der Waals surface area contributed by atoms with Crippen molar-refractivity contribution in [3.63, 3.8) is 0 Å². The second kappa shape index (κ2) is 15.3. The number of aliphatic hydroxyl groups is 1. The van der Waals surface area contributed by atoms with Gasteiger partial charge in [0.05, 0.1) is 19.3 Å². The standard InChI is InChI=1S/C28H39NO4/c1-23(13-7-5-8-14-24-15-9-6-10-16-24)26(30)20-18-25-19-21-27(31)29(25)22-12-4-3-11-17-28(32)33-2/h6,9-10,15-16,18,20,23,25-26,30H,3-4,8,11-14,17,19,21-22H2,1-2H3/t23-,25+,26+/m1/s1. The molecule has 0 saturated carbocycles. The summed E-state index contributed by atoms with van der Waals surface area (Å²) < 4.78 is 4.65. The largest absolute Gasteiger partial charge is 0.469 e. The third-order valence-electron chi connectivity index (χ3n) is 6.18. The summed E-state index contributed by atoms with van der Waals surface area (Å²) >= 11 is 0. The van der Waals surface area contributed by atoms with Crippen molar-refractivity contribution in [2.24, 2.45) is 5.92 Å². The number of methoxy groups -OCH3 is 1. The molecule has 1 N–H and O–H groups in total. The molecule has 0 aliphatic carbocycles. The summed E-state index contributed by atoms with van der Waals surface area (Å²) in [5.41, 5.74) is 1.29. The van der Waals surface area contributed by atoms with Crippen LogP contribution in [-0.4, -0.2) is 47.7 Å². The molecule has 0 spiro atoms. The summed E-state index contributed by atoms with van der Waals surface area (Å²) in [5, 5.41) is 10.5. The number of amides is 1. The van der Waals surface area contributed by atoms with Crippen molar-refractivity contribution in [1.82, 2.24) is 4.90 Å². The molecule has 1 aliphatic rings. The maximum atomic E-state index is 12.3. The maximum Gasteiger partial charge on any atom is 0.305 e. The van der Waals surface area contributed by atoms with Gasteiger partial charge in [-0.3, -0.25) is 9.59 Å². The number of nitrogens with zero attached hydrogens (tertiary/aromatic N) is 1. The molecule has 0 radical (unpaired) electrons. The van der Waals surface area contributed by atoms with Crippen LogP contribution in [0.3, 0.4) is 0 Å². The van der Waals surface area contributed by atoms with E-state index < -0.39 is 6.10 Å². The minimum absolute atomic E-state index is 0.0471. The zero-order valence-corrected chi connectivity index (χ0v) is 20.2. The van der Waals surface area contributed by atoms with E-state index >= 15 is 0 Å². The minimum atomic E-state index is -0.565. The highest BCUT2D eigenvalue weighted by molar-refractivity contribution is 5.79. The molecule has 3 atom stereocenters. The Morgan fingerprint density at radius 1 is 1.21 bits per heavy atom. The predicted molar refractivity (Wildman–Crippen MR) is 131 cm³/mol. The van der Waals surface area contributed by atoms with E-state index in [1.165, 1.54) is 12.7 Å². The summed E-state index contributed by atoms with van der Waals surface area (Å²) in [4.78, 5) is 25.3. The van der Waals surface area contributed by atoms with E-state index in [1.807, 2.05) is 42.2 Å². The van der Waals surface area contributed by atoms with Crippen LogP contribution in [0.15, 0.2) is 42.5 Å². The number of carbonyl (C=O) groups excluding carboxylic acids is 2.